The number of carbonyl (C=O) groups excluding carboxylic acids is 1. The van der Waals surface area contributed by atoms with Gasteiger partial charge in [0.2, 0.25) is 0 Å². The highest BCUT2D eigenvalue weighted by atomic mass is 16.5. The van der Waals surface area contributed by atoms with E-state index in [0.717, 1.165) is 36.5 Å². The predicted octanol–water partition coefficient (Wildman–Crippen LogP) is 7.60. The summed E-state index contributed by atoms with van der Waals surface area (Å²) in [6.07, 6.45) is 14.6. The molecule has 1 aromatic carbocycles. The van der Waals surface area contributed by atoms with Crippen LogP contribution in [0, 0.1) is 39.9 Å². The Bertz CT molecular complexity index is 832. The van der Waals surface area contributed by atoms with E-state index in [1.54, 1.807) is 6.92 Å². The van der Waals surface area contributed by atoms with E-state index in [0.29, 0.717) is 16.2 Å². The molecule has 8 atom stereocenters. The summed E-state index contributed by atoms with van der Waals surface area (Å²) in [6, 6.07) is 11.1. The van der Waals surface area contributed by atoms with Crippen molar-refractivity contribution in [1.29, 1.82) is 0 Å². The highest BCUT2D eigenvalue weighted by Gasteiger charge is 2.63. The molecule has 4 saturated carbocycles. The fraction of sp³-hybridized carbons (Fsp3) is 0.767. The van der Waals surface area contributed by atoms with Gasteiger partial charge in [0, 0.05) is 6.92 Å². The minimum Gasteiger partial charge on any atom is -0.463 e. The number of esters is 1. The second-order valence-corrected chi connectivity index (χ2v) is 12.7. The third kappa shape index (κ3) is 3.55. The lowest BCUT2D eigenvalue weighted by Crippen LogP contribution is -2.55. The summed E-state index contributed by atoms with van der Waals surface area (Å²) >= 11 is 0. The largest absolute Gasteiger partial charge is 0.463 e. The van der Waals surface area contributed by atoms with Gasteiger partial charge in [0.1, 0.15) is 6.10 Å². The normalized spacial score (nSPS) is 45.4. The lowest BCUT2D eigenvalue weighted by atomic mass is 9.43. The Morgan fingerprint density at radius 2 is 1.69 bits per heavy atom. The molecule has 176 valence electrons. The smallest absolute Gasteiger partial charge is 0.302 e. The van der Waals surface area contributed by atoms with E-state index >= 15 is 0 Å². The molecule has 2 heteroatoms. The Balaban J connectivity index is 1.31. The molecule has 0 radical (unpaired) electrons. The van der Waals surface area contributed by atoms with Crippen LogP contribution in [0.2, 0.25) is 0 Å². The van der Waals surface area contributed by atoms with Crippen molar-refractivity contribution in [3.8, 4) is 0 Å². The van der Waals surface area contributed by atoms with Crippen LogP contribution >= 0.6 is 0 Å². The van der Waals surface area contributed by atoms with Gasteiger partial charge in [0.25, 0.3) is 0 Å². The van der Waals surface area contributed by atoms with Crippen LogP contribution in [0.3, 0.4) is 0 Å². The summed E-state index contributed by atoms with van der Waals surface area (Å²) < 4.78 is 5.66. The average molecular weight is 437 g/mol. The van der Waals surface area contributed by atoms with Crippen LogP contribution in [0.4, 0.5) is 0 Å². The molecule has 0 aliphatic heterocycles. The fourth-order valence-electron chi connectivity index (χ4n) is 9.40. The minimum absolute atomic E-state index is 0.0959. The van der Waals surface area contributed by atoms with Crippen LogP contribution in [-0.2, 0) is 16.0 Å². The van der Waals surface area contributed by atoms with Crippen molar-refractivity contribution in [3.05, 3.63) is 35.9 Å². The molecule has 0 saturated heterocycles. The van der Waals surface area contributed by atoms with Crippen LogP contribution in [0.25, 0.3) is 0 Å². The summed E-state index contributed by atoms with van der Waals surface area (Å²) in [5.41, 5.74) is 2.95. The van der Waals surface area contributed by atoms with Crippen molar-refractivity contribution in [1.82, 2.24) is 0 Å². The third-order valence-corrected chi connectivity index (χ3v) is 11.5. The Morgan fingerprint density at radius 1 is 0.938 bits per heavy atom. The molecule has 4 aliphatic carbocycles. The van der Waals surface area contributed by atoms with Crippen LogP contribution < -0.4 is 0 Å². The van der Waals surface area contributed by atoms with Crippen molar-refractivity contribution in [2.75, 3.05) is 0 Å². The summed E-state index contributed by atoms with van der Waals surface area (Å²) in [5, 5.41) is 0. The number of hydrogen-bond acceptors (Lipinski definition) is 2. The molecule has 0 unspecified atom stereocenters. The predicted molar refractivity (Wildman–Crippen MR) is 130 cm³/mol. The number of fused-ring (bicyclic) bond motifs is 5. The zero-order valence-corrected chi connectivity index (χ0v) is 20.9. The Hall–Kier alpha value is -1.31. The number of benzene rings is 1. The lowest BCUT2D eigenvalue weighted by Gasteiger charge is -2.62. The zero-order chi connectivity index (χ0) is 22.6. The van der Waals surface area contributed by atoms with E-state index in [4.69, 9.17) is 4.74 Å². The maximum absolute atomic E-state index is 11.5. The van der Waals surface area contributed by atoms with E-state index in [-0.39, 0.29) is 12.1 Å². The first-order chi connectivity index (χ1) is 15.3. The molecule has 5 rings (SSSR count). The summed E-state index contributed by atoms with van der Waals surface area (Å²) in [6.45, 7) is 9.50. The average Bonchev–Trinajstić information content (AvgIpc) is 3.04. The number of carbonyl (C=O) groups is 1. The van der Waals surface area contributed by atoms with Gasteiger partial charge in [-0.1, -0.05) is 51.1 Å². The fourth-order valence-corrected chi connectivity index (χ4v) is 9.40. The van der Waals surface area contributed by atoms with Crippen LogP contribution in [0.15, 0.2) is 30.3 Å². The van der Waals surface area contributed by atoms with Gasteiger partial charge >= 0.3 is 5.97 Å². The van der Waals surface area contributed by atoms with Gasteiger partial charge in [-0.3, -0.25) is 4.79 Å². The Kier molecular flexibility index (Phi) is 5.74. The molecule has 4 fully saturated rings. The molecular formula is C30H44O2. The number of ether oxygens (including phenoxy) is 1. The van der Waals surface area contributed by atoms with Crippen molar-refractivity contribution in [2.24, 2.45) is 39.9 Å². The second-order valence-electron chi connectivity index (χ2n) is 12.7. The highest BCUT2D eigenvalue weighted by Crippen LogP contribution is 2.71. The van der Waals surface area contributed by atoms with E-state index in [2.05, 4.69) is 51.1 Å². The molecule has 0 heterocycles. The molecule has 32 heavy (non-hydrogen) atoms. The van der Waals surface area contributed by atoms with E-state index in [1.165, 1.54) is 63.4 Å². The summed E-state index contributed by atoms with van der Waals surface area (Å²) in [4.78, 5) is 11.5. The zero-order valence-electron chi connectivity index (χ0n) is 20.9. The number of rotatable bonds is 4. The molecule has 0 aromatic heterocycles. The summed E-state index contributed by atoms with van der Waals surface area (Å²) in [5.74, 6) is 3.36. The van der Waals surface area contributed by atoms with Gasteiger partial charge in [-0.25, -0.2) is 0 Å². The molecule has 4 aliphatic rings. The molecular weight excluding hydrogens is 392 g/mol. The SMILES string of the molecule is CC(=O)O[C@H]1CC[C@]2(C)[C@H](CC[C@@H]3[C@H]4CC[C@@](C)(CCc5ccccc5)[C@@]4(C)CC[C@@H]32)C1. The molecule has 1 aromatic rings. The topological polar surface area (TPSA) is 26.3 Å². The summed E-state index contributed by atoms with van der Waals surface area (Å²) in [7, 11) is 0. The van der Waals surface area contributed by atoms with Crippen molar-refractivity contribution < 1.29 is 9.53 Å². The van der Waals surface area contributed by atoms with Crippen LogP contribution in [0.5, 0.6) is 0 Å². The first-order valence-corrected chi connectivity index (χ1v) is 13.5. The Morgan fingerprint density at radius 3 is 2.44 bits per heavy atom. The van der Waals surface area contributed by atoms with E-state index in [9.17, 15) is 4.79 Å². The molecule has 0 spiro atoms. The first kappa shape index (κ1) is 22.5. The van der Waals surface area contributed by atoms with E-state index in [1.807, 2.05) is 0 Å². The molecule has 0 amide bonds. The Labute approximate surface area is 195 Å². The van der Waals surface area contributed by atoms with Crippen LogP contribution in [-0.4, -0.2) is 12.1 Å². The molecule has 0 bridgehead atoms. The van der Waals surface area contributed by atoms with Gasteiger partial charge in [0.05, 0.1) is 0 Å². The number of aryl methyl sites for hydroxylation is 1. The lowest BCUT2D eigenvalue weighted by molar-refractivity contribution is -0.162. The maximum Gasteiger partial charge on any atom is 0.302 e. The second kappa shape index (κ2) is 8.17. The maximum atomic E-state index is 11.5. The highest BCUT2D eigenvalue weighted by molar-refractivity contribution is 5.66. The minimum atomic E-state index is -0.0959. The molecule has 2 nitrogen and oxygen atoms in total. The number of hydrogen-bond donors (Lipinski definition) is 0. The van der Waals surface area contributed by atoms with Gasteiger partial charge < -0.3 is 4.74 Å². The third-order valence-electron chi connectivity index (χ3n) is 11.5. The quantitative estimate of drug-likeness (QED) is 0.454. The van der Waals surface area contributed by atoms with Gasteiger partial charge in [-0.2, -0.15) is 0 Å². The van der Waals surface area contributed by atoms with Crippen molar-refractivity contribution in [2.45, 2.75) is 104 Å². The first-order valence-electron chi connectivity index (χ1n) is 13.5. The monoisotopic (exact) mass is 436 g/mol. The standard InChI is InChI=1S/C30H44O2/c1-21(31)32-24-13-18-29(3)23(20-24)10-11-25-26(29)15-19-30(4)27(25)14-17-28(30,2)16-12-22-8-6-5-7-9-22/h5-9,23-27H,10-20H2,1-4H3/t23-,24+,25+,26+,27-,28-,29-,30+/m1/s1. The van der Waals surface area contributed by atoms with Gasteiger partial charge in [-0.15, -0.1) is 0 Å². The van der Waals surface area contributed by atoms with E-state index < -0.39 is 0 Å². The van der Waals surface area contributed by atoms with Gasteiger partial charge in [0.15, 0.2) is 0 Å². The van der Waals surface area contributed by atoms with Gasteiger partial charge in [-0.05, 0) is 116 Å². The van der Waals surface area contributed by atoms with Crippen LogP contribution in [0.1, 0.15) is 97.5 Å². The van der Waals surface area contributed by atoms with Crippen molar-refractivity contribution >= 4 is 5.97 Å². The molecule has 0 N–H and O–H groups in total. The van der Waals surface area contributed by atoms with Crippen molar-refractivity contribution in [3.63, 3.8) is 0 Å².